The van der Waals surface area contributed by atoms with E-state index >= 15 is 0 Å². The Kier molecular flexibility index (Phi) is 4.51. The Morgan fingerprint density at radius 1 is 1.29 bits per heavy atom. The molecule has 0 bridgehead atoms. The van der Waals surface area contributed by atoms with Gasteiger partial charge in [-0.25, -0.2) is 9.18 Å². The van der Waals surface area contributed by atoms with Gasteiger partial charge in [-0.1, -0.05) is 12.1 Å². The zero-order valence-electron chi connectivity index (χ0n) is 13.8. The van der Waals surface area contributed by atoms with E-state index in [1.54, 1.807) is 19.1 Å². The van der Waals surface area contributed by atoms with Gasteiger partial charge in [0.05, 0.1) is 12.2 Å². The predicted octanol–water partition coefficient (Wildman–Crippen LogP) is 3.36. The second kappa shape index (κ2) is 6.59. The summed E-state index contributed by atoms with van der Waals surface area (Å²) in [4.78, 5) is 25.1. The topological polar surface area (TPSA) is 55.4 Å². The molecule has 1 aliphatic heterocycles. The number of benzene rings is 1. The fourth-order valence-electron chi connectivity index (χ4n) is 3.45. The molecule has 126 valence electrons. The number of esters is 1. The normalized spacial score (nSPS) is 20.6. The third kappa shape index (κ3) is 2.86. The van der Waals surface area contributed by atoms with E-state index in [2.05, 4.69) is 5.32 Å². The van der Waals surface area contributed by atoms with Gasteiger partial charge in [-0.15, -0.1) is 0 Å². The number of carbonyl (C=O) groups is 2. The molecular weight excluding hydrogens is 309 g/mol. The summed E-state index contributed by atoms with van der Waals surface area (Å²) in [6.45, 7) is 3.81. The number of Topliss-reactive ketones (excluding diaryl/α,β-unsaturated/α-hetero) is 1. The number of ketones is 1. The molecule has 0 saturated heterocycles. The molecule has 24 heavy (non-hydrogen) atoms. The highest BCUT2D eigenvalue weighted by molar-refractivity contribution is 6.03. The minimum atomic E-state index is -0.506. The molecule has 0 radical (unpaired) electrons. The maximum atomic E-state index is 13.3. The van der Waals surface area contributed by atoms with Crippen LogP contribution >= 0.6 is 0 Å². The Bertz CT molecular complexity index is 746. The second-order valence-corrected chi connectivity index (χ2v) is 6.04. The molecule has 1 aromatic carbocycles. The highest BCUT2D eigenvalue weighted by Crippen LogP contribution is 2.42. The molecule has 5 heteroatoms. The zero-order chi connectivity index (χ0) is 17.3. The van der Waals surface area contributed by atoms with Crippen LogP contribution in [0.3, 0.4) is 0 Å². The molecule has 0 aromatic heterocycles. The van der Waals surface area contributed by atoms with Crippen LogP contribution in [0.2, 0.25) is 0 Å². The Labute approximate surface area is 140 Å². The largest absolute Gasteiger partial charge is 0.463 e. The molecule has 1 aromatic rings. The summed E-state index contributed by atoms with van der Waals surface area (Å²) < 4.78 is 18.5. The van der Waals surface area contributed by atoms with Crippen molar-refractivity contribution in [2.45, 2.75) is 39.0 Å². The van der Waals surface area contributed by atoms with Crippen LogP contribution in [0.15, 0.2) is 46.8 Å². The summed E-state index contributed by atoms with van der Waals surface area (Å²) in [5.74, 6) is -1.27. The molecule has 3 rings (SSSR count). The van der Waals surface area contributed by atoms with Gasteiger partial charge in [-0.3, -0.25) is 4.79 Å². The minimum Gasteiger partial charge on any atom is -0.463 e. The summed E-state index contributed by atoms with van der Waals surface area (Å²) in [5.41, 5.74) is 3.32. The number of halogens is 1. The number of dihydropyridines is 1. The highest BCUT2D eigenvalue weighted by atomic mass is 19.1. The van der Waals surface area contributed by atoms with Crippen LogP contribution in [-0.2, 0) is 14.3 Å². The maximum Gasteiger partial charge on any atom is 0.336 e. The predicted molar refractivity (Wildman–Crippen MR) is 87.5 cm³/mol. The van der Waals surface area contributed by atoms with Gasteiger partial charge in [0.1, 0.15) is 5.82 Å². The standard InChI is InChI=1S/C19H20FNO3/c1-3-24-19(23)16-11(2)21-14-5-4-6-15(22)18(14)17(16)12-7-9-13(20)10-8-12/h7-10,17,21H,3-6H2,1-2H3/t17-/m1/s1. The van der Waals surface area contributed by atoms with Crippen LogP contribution in [0.5, 0.6) is 0 Å². The van der Waals surface area contributed by atoms with Crippen molar-refractivity contribution in [1.29, 1.82) is 0 Å². The Balaban J connectivity index is 2.15. The van der Waals surface area contributed by atoms with Crippen LogP contribution in [-0.4, -0.2) is 18.4 Å². The third-order valence-corrected chi connectivity index (χ3v) is 4.47. The summed E-state index contributed by atoms with van der Waals surface area (Å²) in [5, 5.41) is 3.21. The van der Waals surface area contributed by atoms with Crippen molar-refractivity contribution in [2.75, 3.05) is 6.61 Å². The summed E-state index contributed by atoms with van der Waals surface area (Å²) in [7, 11) is 0. The summed E-state index contributed by atoms with van der Waals surface area (Å²) in [6, 6.07) is 5.96. The van der Waals surface area contributed by atoms with Crippen molar-refractivity contribution in [1.82, 2.24) is 5.32 Å². The van der Waals surface area contributed by atoms with Gasteiger partial charge in [0.25, 0.3) is 0 Å². The second-order valence-electron chi connectivity index (χ2n) is 6.04. The molecule has 0 saturated carbocycles. The first-order valence-corrected chi connectivity index (χ1v) is 8.19. The van der Waals surface area contributed by atoms with Crippen LogP contribution in [0.25, 0.3) is 0 Å². The molecule has 1 aliphatic carbocycles. The number of rotatable bonds is 3. The average molecular weight is 329 g/mol. The smallest absolute Gasteiger partial charge is 0.336 e. The van der Waals surface area contributed by atoms with E-state index in [0.29, 0.717) is 23.3 Å². The first-order valence-electron chi connectivity index (χ1n) is 8.19. The van der Waals surface area contributed by atoms with Crippen molar-refractivity contribution in [3.8, 4) is 0 Å². The molecule has 0 unspecified atom stereocenters. The van der Waals surface area contributed by atoms with Crippen LogP contribution in [0.4, 0.5) is 4.39 Å². The van der Waals surface area contributed by atoms with Gasteiger partial charge < -0.3 is 10.1 Å². The van der Waals surface area contributed by atoms with Gasteiger partial charge >= 0.3 is 5.97 Å². The average Bonchev–Trinajstić information content (AvgIpc) is 2.55. The van der Waals surface area contributed by atoms with Gasteiger partial charge in [0.2, 0.25) is 0 Å². The van der Waals surface area contributed by atoms with Gasteiger partial charge in [0.15, 0.2) is 5.78 Å². The zero-order valence-corrected chi connectivity index (χ0v) is 13.8. The minimum absolute atomic E-state index is 0.0346. The highest BCUT2D eigenvalue weighted by Gasteiger charge is 2.38. The Morgan fingerprint density at radius 3 is 2.67 bits per heavy atom. The Hall–Kier alpha value is -2.43. The van der Waals surface area contributed by atoms with Crippen molar-refractivity contribution >= 4 is 11.8 Å². The van der Waals surface area contributed by atoms with Crippen molar-refractivity contribution < 1.29 is 18.7 Å². The van der Waals surface area contributed by atoms with E-state index in [4.69, 9.17) is 4.74 Å². The van der Waals surface area contributed by atoms with Crippen LogP contribution < -0.4 is 5.32 Å². The molecule has 1 atom stereocenters. The van der Waals surface area contributed by atoms with Crippen molar-refractivity contribution in [3.63, 3.8) is 0 Å². The maximum absolute atomic E-state index is 13.3. The van der Waals surface area contributed by atoms with Crippen molar-refractivity contribution in [2.24, 2.45) is 0 Å². The molecule has 2 aliphatic rings. The summed E-state index contributed by atoms with van der Waals surface area (Å²) >= 11 is 0. The van der Waals surface area contributed by atoms with Crippen LogP contribution in [0.1, 0.15) is 44.6 Å². The summed E-state index contributed by atoms with van der Waals surface area (Å²) in [6.07, 6.45) is 2.03. The molecule has 4 nitrogen and oxygen atoms in total. The fourth-order valence-corrected chi connectivity index (χ4v) is 3.45. The lowest BCUT2D eigenvalue weighted by atomic mass is 9.75. The first kappa shape index (κ1) is 16.4. The van der Waals surface area contributed by atoms with Crippen molar-refractivity contribution in [3.05, 3.63) is 58.2 Å². The van der Waals surface area contributed by atoms with E-state index in [1.807, 2.05) is 6.92 Å². The monoisotopic (exact) mass is 329 g/mol. The quantitative estimate of drug-likeness (QED) is 0.864. The SMILES string of the molecule is CCOC(=O)C1=C(C)NC2=C(C(=O)CCC2)[C@@H]1c1ccc(F)cc1. The van der Waals surface area contributed by atoms with Gasteiger partial charge in [0, 0.05) is 29.3 Å². The van der Waals surface area contributed by atoms with E-state index in [1.165, 1.54) is 12.1 Å². The molecule has 0 spiro atoms. The number of hydrogen-bond acceptors (Lipinski definition) is 4. The Morgan fingerprint density at radius 2 is 2.00 bits per heavy atom. The van der Waals surface area contributed by atoms with Gasteiger partial charge in [-0.2, -0.15) is 0 Å². The van der Waals surface area contributed by atoms with Gasteiger partial charge in [-0.05, 0) is 44.4 Å². The first-order chi connectivity index (χ1) is 11.5. The number of hydrogen-bond donors (Lipinski definition) is 1. The molecule has 1 heterocycles. The molecular formula is C19H20FNO3. The molecule has 1 N–H and O–H groups in total. The number of nitrogens with one attached hydrogen (secondary N) is 1. The lowest BCUT2D eigenvalue weighted by Crippen LogP contribution is -2.34. The lowest BCUT2D eigenvalue weighted by Gasteiger charge is -2.34. The number of carbonyl (C=O) groups excluding carboxylic acids is 2. The van der Waals surface area contributed by atoms with E-state index in [0.717, 1.165) is 24.1 Å². The van der Waals surface area contributed by atoms with E-state index < -0.39 is 11.9 Å². The van der Waals surface area contributed by atoms with E-state index in [9.17, 15) is 14.0 Å². The number of allylic oxidation sites excluding steroid dienone is 3. The van der Waals surface area contributed by atoms with Crippen LogP contribution in [0, 0.1) is 5.82 Å². The molecule has 0 amide bonds. The lowest BCUT2D eigenvalue weighted by molar-refractivity contribution is -0.138. The molecule has 0 fully saturated rings. The van der Waals surface area contributed by atoms with E-state index in [-0.39, 0.29) is 18.2 Å². The third-order valence-electron chi connectivity index (χ3n) is 4.47. The fraction of sp³-hybridized carbons (Fsp3) is 0.368. The number of ether oxygens (including phenoxy) is 1.